The molecule has 6 rings (SSSR count). The lowest BCUT2D eigenvalue weighted by Crippen LogP contribution is -2.22. The van der Waals surface area contributed by atoms with Crippen LogP contribution >= 0.6 is 0 Å². The summed E-state index contributed by atoms with van der Waals surface area (Å²) in [4.78, 5) is 22.9. The van der Waals surface area contributed by atoms with Crippen LogP contribution in [-0.4, -0.2) is 19.6 Å². The van der Waals surface area contributed by atoms with Gasteiger partial charge in [-0.2, -0.15) is 0 Å². The number of hydrogen-bond acceptors (Lipinski definition) is 6. The minimum atomic E-state index is -0.468. The highest BCUT2D eigenvalue weighted by Gasteiger charge is 2.38. The van der Waals surface area contributed by atoms with Gasteiger partial charge in [0.25, 0.3) is 0 Å². The van der Waals surface area contributed by atoms with Gasteiger partial charge >= 0.3 is 5.63 Å². The molecular formula is C28H26N4O3. The van der Waals surface area contributed by atoms with Gasteiger partial charge in [-0.25, -0.2) is 19.3 Å². The number of para-hydroxylation sites is 1. The van der Waals surface area contributed by atoms with Crippen molar-refractivity contribution in [3.8, 4) is 11.6 Å². The summed E-state index contributed by atoms with van der Waals surface area (Å²) in [6.45, 7) is 10.5. The van der Waals surface area contributed by atoms with Crippen LogP contribution in [0, 0.1) is 0 Å². The smallest absolute Gasteiger partial charge is 0.344 e. The highest BCUT2D eigenvalue weighted by Crippen LogP contribution is 2.48. The Morgan fingerprint density at radius 3 is 2.46 bits per heavy atom. The number of hydrogen-bond donors (Lipinski definition) is 0. The molecule has 176 valence electrons. The summed E-state index contributed by atoms with van der Waals surface area (Å²) in [5, 5.41) is 5.40. The molecule has 35 heavy (non-hydrogen) atoms. The Labute approximate surface area is 202 Å². The Morgan fingerprint density at radius 2 is 1.74 bits per heavy atom. The van der Waals surface area contributed by atoms with E-state index < -0.39 is 11.5 Å². The second-order valence-corrected chi connectivity index (χ2v) is 10.4. The number of aromatic nitrogens is 4. The Balaban J connectivity index is 1.69. The normalized spacial score (nSPS) is 15.3. The molecular weight excluding hydrogens is 440 g/mol. The van der Waals surface area contributed by atoms with Crippen molar-refractivity contribution in [2.75, 3.05) is 0 Å². The maximum atomic E-state index is 13.4. The standard InChI is InChI=1S/C28H26N4O3/c1-15(2)16-10-12-17(13-11-16)20-21-23(18-8-6-7-9-19(18)34-26(21)33)35-25-22(20)24-30-27(28(3,4)5)31-32(24)14-29-25/h6-15,20H,1-5H3. The molecule has 5 aromatic rings. The molecule has 4 heterocycles. The first-order valence-corrected chi connectivity index (χ1v) is 11.8. The molecule has 1 aliphatic heterocycles. The lowest BCUT2D eigenvalue weighted by atomic mass is 9.83. The molecule has 0 saturated heterocycles. The zero-order valence-corrected chi connectivity index (χ0v) is 20.4. The molecule has 2 aromatic carbocycles. The van der Waals surface area contributed by atoms with Gasteiger partial charge in [0.2, 0.25) is 5.88 Å². The van der Waals surface area contributed by atoms with E-state index in [2.05, 4.69) is 69.0 Å². The Kier molecular flexibility index (Phi) is 4.61. The Morgan fingerprint density at radius 1 is 1.00 bits per heavy atom. The second-order valence-electron chi connectivity index (χ2n) is 10.4. The molecule has 1 unspecified atom stereocenters. The Bertz CT molecular complexity index is 1660. The van der Waals surface area contributed by atoms with Gasteiger partial charge in [-0.3, -0.25) is 0 Å². The van der Waals surface area contributed by atoms with E-state index in [-0.39, 0.29) is 5.41 Å². The Hall–Kier alpha value is -4.00. The summed E-state index contributed by atoms with van der Waals surface area (Å²) >= 11 is 0. The quantitative estimate of drug-likeness (QED) is 0.294. The summed E-state index contributed by atoms with van der Waals surface area (Å²) in [7, 11) is 0. The van der Waals surface area contributed by atoms with E-state index in [0.717, 1.165) is 10.9 Å². The van der Waals surface area contributed by atoms with Gasteiger partial charge in [-0.05, 0) is 29.2 Å². The van der Waals surface area contributed by atoms with Gasteiger partial charge in [0.1, 0.15) is 11.9 Å². The van der Waals surface area contributed by atoms with Crippen LogP contribution in [0.3, 0.4) is 0 Å². The minimum Gasteiger partial charge on any atom is -0.437 e. The average Bonchev–Trinajstić information content (AvgIpc) is 3.28. The first-order valence-electron chi connectivity index (χ1n) is 11.8. The molecule has 3 aromatic heterocycles. The first kappa shape index (κ1) is 21.5. The van der Waals surface area contributed by atoms with E-state index in [9.17, 15) is 4.79 Å². The molecule has 0 spiro atoms. The third-order valence-electron chi connectivity index (χ3n) is 6.57. The van der Waals surface area contributed by atoms with E-state index in [4.69, 9.17) is 14.1 Å². The first-order chi connectivity index (χ1) is 16.7. The van der Waals surface area contributed by atoms with Gasteiger partial charge in [-0.1, -0.05) is 71.0 Å². The molecule has 7 heteroatoms. The maximum Gasteiger partial charge on any atom is 0.344 e. The third kappa shape index (κ3) is 3.33. The summed E-state index contributed by atoms with van der Waals surface area (Å²) in [5.74, 6) is 1.52. The largest absolute Gasteiger partial charge is 0.437 e. The zero-order valence-electron chi connectivity index (χ0n) is 20.4. The fourth-order valence-electron chi connectivity index (χ4n) is 4.65. The van der Waals surface area contributed by atoms with E-state index in [1.807, 2.05) is 18.2 Å². The molecule has 1 aliphatic rings. The molecule has 1 atom stereocenters. The fraction of sp³-hybridized carbons (Fsp3) is 0.286. The number of benzene rings is 2. The van der Waals surface area contributed by atoms with Crippen LogP contribution < -0.4 is 10.4 Å². The second kappa shape index (κ2) is 7.50. The molecule has 7 nitrogen and oxygen atoms in total. The predicted molar refractivity (Wildman–Crippen MR) is 134 cm³/mol. The van der Waals surface area contributed by atoms with Crippen molar-refractivity contribution in [2.45, 2.75) is 51.9 Å². The van der Waals surface area contributed by atoms with E-state index in [0.29, 0.717) is 45.7 Å². The lowest BCUT2D eigenvalue weighted by molar-refractivity contribution is 0.422. The summed E-state index contributed by atoms with van der Waals surface area (Å²) in [6.07, 6.45) is 1.62. The van der Waals surface area contributed by atoms with Crippen molar-refractivity contribution < 1.29 is 9.15 Å². The predicted octanol–water partition coefficient (Wildman–Crippen LogP) is 5.94. The fourth-order valence-corrected chi connectivity index (χ4v) is 4.65. The van der Waals surface area contributed by atoms with Crippen LogP contribution in [-0.2, 0) is 5.41 Å². The summed E-state index contributed by atoms with van der Waals surface area (Å²) in [6, 6.07) is 15.8. The van der Waals surface area contributed by atoms with Gasteiger partial charge in [0.05, 0.1) is 22.4 Å². The summed E-state index contributed by atoms with van der Waals surface area (Å²) in [5.41, 5.74) is 3.74. The monoisotopic (exact) mass is 466 g/mol. The number of fused-ring (bicyclic) bond motifs is 6. The highest BCUT2D eigenvalue weighted by molar-refractivity contribution is 5.86. The van der Waals surface area contributed by atoms with Crippen LogP contribution in [0.15, 0.2) is 64.1 Å². The van der Waals surface area contributed by atoms with Crippen molar-refractivity contribution in [3.63, 3.8) is 0 Å². The zero-order chi connectivity index (χ0) is 24.5. The number of rotatable bonds is 2. The summed E-state index contributed by atoms with van der Waals surface area (Å²) < 4.78 is 13.8. The van der Waals surface area contributed by atoms with Crippen LogP contribution in [0.1, 0.15) is 74.5 Å². The van der Waals surface area contributed by atoms with Crippen LogP contribution in [0.25, 0.3) is 16.6 Å². The van der Waals surface area contributed by atoms with Gasteiger partial charge in [0, 0.05) is 5.41 Å². The minimum absolute atomic E-state index is 0.254. The third-order valence-corrected chi connectivity index (χ3v) is 6.57. The van der Waals surface area contributed by atoms with Crippen molar-refractivity contribution in [2.24, 2.45) is 0 Å². The highest BCUT2D eigenvalue weighted by atomic mass is 16.5. The molecule has 0 aliphatic carbocycles. The van der Waals surface area contributed by atoms with Crippen molar-refractivity contribution in [1.29, 1.82) is 0 Å². The molecule has 0 saturated carbocycles. The van der Waals surface area contributed by atoms with Crippen molar-refractivity contribution in [1.82, 2.24) is 19.6 Å². The molecule has 0 bridgehead atoms. The van der Waals surface area contributed by atoms with Crippen molar-refractivity contribution >= 4 is 16.6 Å². The van der Waals surface area contributed by atoms with Crippen LogP contribution in [0.4, 0.5) is 0 Å². The number of nitrogens with zero attached hydrogens (tertiary/aromatic N) is 4. The van der Waals surface area contributed by atoms with Gasteiger partial charge in [-0.15, -0.1) is 5.10 Å². The van der Waals surface area contributed by atoms with E-state index in [1.54, 1.807) is 16.9 Å². The van der Waals surface area contributed by atoms with Crippen molar-refractivity contribution in [3.05, 3.63) is 93.4 Å². The molecule has 0 fully saturated rings. The molecule has 0 amide bonds. The van der Waals surface area contributed by atoms with E-state index >= 15 is 0 Å². The van der Waals surface area contributed by atoms with Crippen LogP contribution in [0.5, 0.6) is 11.6 Å². The van der Waals surface area contributed by atoms with Crippen LogP contribution in [0.2, 0.25) is 0 Å². The SMILES string of the molecule is CC(C)c1ccc(C2c3c(c4ccccc4oc3=O)Oc3ncn4nc(C(C)(C)C)nc4c32)cc1. The van der Waals surface area contributed by atoms with E-state index in [1.165, 1.54) is 5.56 Å². The lowest BCUT2D eigenvalue weighted by Gasteiger charge is -2.27. The molecule has 0 N–H and O–H groups in total. The van der Waals surface area contributed by atoms with Gasteiger partial charge in [0.15, 0.2) is 17.2 Å². The maximum absolute atomic E-state index is 13.4. The number of ether oxygens (including phenoxy) is 1. The van der Waals surface area contributed by atoms with Gasteiger partial charge < -0.3 is 9.15 Å². The topological polar surface area (TPSA) is 82.5 Å². The molecule has 0 radical (unpaired) electrons. The average molecular weight is 467 g/mol.